The van der Waals surface area contributed by atoms with Gasteiger partial charge in [0.2, 0.25) is 5.69 Å². The fourth-order valence-electron chi connectivity index (χ4n) is 3.30. The van der Waals surface area contributed by atoms with Crippen molar-refractivity contribution in [1.82, 2.24) is 15.2 Å². The first-order chi connectivity index (χ1) is 15.5. The van der Waals surface area contributed by atoms with E-state index in [0.29, 0.717) is 39.2 Å². The Morgan fingerprint density at radius 2 is 2.12 bits per heavy atom. The van der Waals surface area contributed by atoms with E-state index in [2.05, 4.69) is 20.6 Å². The van der Waals surface area contributed by atoms with Gasteiger partial charge in [-0.2, -0.15) is 0 Å². The minimum absolute atomic E-state index is 0.127. The van der Waals surface area contributed by atoms with Crippen molar-refractivity contribution in [1.29, 1.82) is 0 Å². The molecule has 0 fully saturated rings. The SMILES string of the molecule is Cc1ccc(-[n+]2noc([O-])c2-c2csc(NCc3ccc4cccnc4c3O)n2)cc1Cl. The Bertz CT molecular complexity index is 1450. The maximum atomic E-state index is 12.3. The lowest BCUT2D eigenvalue weighted by Gasteiger charge is -2.07. The summed E-state index contributed by atoms with van der Waals surface area (Å²) in [5.74, 6) is -0.473. The first-order valence-electron chi connectivity index (χ1n) is 9.62. The second-order valence-electron chi connectivity index (χ2n) is 7.09. The van der Waals surface area contributed by atoms with Crippen LogP contribution in [0.4, 0.5) is 5.13 Å². The summed E-state index contributed by atoms with van der Waals surface area (Å²) in [4.78, 5) is 8.74. The Hall–Kier alpha value is -3.69. The third-order valence-electron chi connectivity index (χ3n) is 5.02. The Balaban J connectivity index is 1.41. The van der Waals surface area contributed by atoms with Crippen molar-refractivity contribution in [2.75, 3.05) is 5.32 Å². The number of anilines is 1. The smallest absolute Gasteiger partial charge is 0.289 e. The van der Waals surface area contributed by atoms with Crippen molar-refractivity contribution >= 4 is 39.0 Å². The molecule has 0 saturated heterocycles. The fourth-order valence-corrected chi connectivity index (χ4v) is 4.17. The van der Waals surface area contributed by atoms with Crippen molar-refractivity contribution in [3.8, 4) is 28.8 Å². The highest BCUT2D eigenvalue weighted by Gasteiger charge is 2.25. The summed E-state index contributed by atoms with van der Waals surface area (Å²) in [5, 5.41) is 33.6. The topological polar surface area (TPSA) is 111 Å². The predicted molar refractivity (Wildman–Crippen MR) is 119 cm³/mol. The van der Waals surface area contributed by atoms with Gasteiger partial charge in [0.15, 0.2) is 16.8 Å². The molecule has 5 rings (SSSR count). The lowest BCUT2D eigenvalue weighted by molar-refractivity contribution is -0.660. The van der Waals surface area contributed by atoms with Crippen molar-refractivity contribution < 1.29 is 19.4 Å². The summed E-state index contributed by atoms with van der Waals surface area (Å²) in [5.41, 5.74) is 3.36. The number of benzene rings is 2. The van der Waals surface area contributed by atoms with E-state index >= 15 is 0 Å². The van der Waals surface area contributed by atoms with Crippen LogP contribution in [0.3, 0.4) is 0 Å². The van der Waals surface area contributed by atoms with E-state index in [4.69, 9.17) is 16.1 Å². The monoisotopic (exact) mass is 465 g/mol. The standard InChI is InChI=1S/C22H16ClN5O3S/c1-12-4-7-15(9-16(12)23)28-19(21(30)31-27-28)17-11-32-22(26-17)25-10-14-6-5-13-3-2-8-24-18(13)20(14)29/h2-9,11H,10H2,1H3,(H2-,25,26,27,29,30). The minimum Gasteiger partial charge on any atom is -0.539 e. The van der Waals surface area contributed by atoms with E-state index in [1.165, 1.54) is 16.0 Å². The maximum Gasteiger partial charge on any atom is 0.289 e. The quantitative estimate of drug-likeness (QED) is 0.378. The number of fused-ring (bicyclic) bond motifs is 1. The number of hydrogen-bond acceptors (Lipinski definition) is 8. The van der Waals surface area contributed by atoms with E-state index in [0.717, 1.165) is 10.9 Å². The van der Waals surface area contributed by atoms with E-state index in [1.807, 2.05) is 37.3 Å². The number of phenolic OH excluding ortho intramolecular Hbond substituents is 1. The molecule has 10 heteroatoms. The van der Waals surface area contributed by atoms with Gasteiger partial charge in [-0.15, -0.1) is 11.3 Å². The molecular formula is C22H16ClN5O3S. The molecule has 3 heterocycles. The number of phenols is 1. The number of thiazole rings is 1. The molecule has 0 bridgehead atoms. The number of nitrogens with one attached hydrogen (secondary N) is 1. The molecule has 2 aromatic carbocycles. The third kappa shape index (κ3) is 3.61. The van der Waals surface area contributed by atoms with Gasteiger partial charge < -0.3 is 20.1 Å². The molecule has 0 unspecified atom stereocenters. The van der Waals surface area contributed by atoms with Crippen LogP contribution in [0.1, 0.15) is 11.1 Å². The molecule has 0 aliphatic heterocycles. The minimum atomic E-state index is -0.600. The van der Waals surface area contributed by atoms with Crippen molar-refractivity contribution in [2.45, 2.75) is 13.5 Å². The second kappa shape index (κ2) is 8.10. The fraction of sp³-hybridized carbons (Fsp3) is 0.0909. The molecule has 0 saturated carbocycles. The highest BCUT2D eigenvalue weighted by Crippen LogP contribution is 2.31. The zero-order chi connectivity index (χ0) is 22.2. The normalized spacial score (nSPS) is 11.2. The Morgan fingerprint density at radius 1 is 1.25 bits per heavy atom. The third-order valence-corrected chi connectivity index (χ3v) is 6.23. The number of aromatic hydroxyl groups is 1. The summed E-state index contributed by atoms with van der Waals surface area (Å²) < 4.78 is 6.27. The van der Waals surface area contributed by atoms with Crippen LogP contribution in [-0.4, -0.2) is 20.3 Å². The van der Waals surface area contributed by atoms with Crippen LogP contribution in [-0.2, 0) is 6.54 Å². The van der Waals surface area contributed by atoms with Crippen molar-refractivity contribution in [3.05, 3.63) is 70.2 Å². The second-order valence-corrected chi connectivity index (χ2v) is 8.36. The highest BCUT2D eigenvalue weighted by molar-refractivity contribution is 7.14. The Kier molecular flexibility index (Phi) is 5.12. The van der Waals surface area contributed by atoms with Crippen LogP contribution < -0.4 is 15.1 Å². The van der Waals surface area contributed by atoms with E-state index in [9.17, 15) is 10.2 Å². The summed E-state index contributed by atoms with van der Waals surface area (Å²) in [6.45, 7) is 2.23. The zero-order valence-electron chi connectivity index (χ0n) is 16.7. The number of hydrogen-bond donors (Lipinski definition) is 2. The van der Waals surface area contributed by atoms with Crippen LogP contribution in [0.15, 0.2) is 58.6 Å². The molecule has 32 heavy (non-hydrogen) atoms. The molecular weight excluding hydrogens is 450 g/mol. The summed E-state index contributed by atoms with van der Waals surface area (Å²) in [6, 6.07) is 12.8. The number of aromatic nitrogens is 4. The maximum absolute atomic E-state index is 12.3. The molecule has 160 valence electrons. The van der Waals surface area contributed by atoms with Gasteiger partial charge in [0, 0.05) is 41.2 Å². The molecule has 3 aromatic heterocycles. The van der Waals surface area contributed by atoms with E-state index < -0.39 is 5.95 Å². The van der Waals surface area contributed by atoms with Gasteiger partial charge in [0.25, 0.3) is 5.69 Å². The lowest BCUT2D eigenvalue weighted by atomic mass is 10.1. The number of halogens is 1. The molecule has 5 aromatic rings. The van der Waals surface area contributed by atoms with Crippen LogP contribution in [0.25, 0.3) is 28.0 Å². The first-order valence-corrected chi connectivity index (χ1v) is 10.9. The van der Waals surface area contributed by atoms with Crippen LogP contribution in [0, 0.1) is 6.92 Å². The average Bonchev–Trinajstić information content (AvgIpc) is 3.41. The summed E-state index contributed by atoms with van der Waals surface area (Å²) in [7, 11) is 0. The van der Waals surface area contributed by atoms with Crippen LogP contribution in [0.5, 0.6) is 11.7 Å². The Labute approximate surface area is 191 Å². The summed E-state index contributed by atoms with van der Waals surface area (Å²) >= 11 is 7.55. The van der Waals surface area contributed by atoms with Crippen LogP contribution >= 0.6 is 22.9 Å². The van der Waals surface area contributed by atoms with Gasteiger partial charge in [-0.3, -0.25) is 4.98 Å². The molecule has 8 nitrogen and oxygen atoms in total. The molecule has 0 spiro atoms. The van der Waals surface area contributed by atoms with Crippen molar-refractivity contribution in [3.63, 3.8) is 0 Å². The molecule has 0 aliphatic carbocycles. The predicted octanol–water partition coefficient (Wildman–Crippen LogP) is 3.98. The van der Waals surface area contributed by atoms with Gasteiger partial charge in [-0.05, 0) is 23.2 Å². The van der Waals surface area contributed by atoms with E-state index in [-0.39, 0.29) is 11.4 Å². The number of pyridine rings is 1. The first kappa shape index (κ1) is 20.2. The van der Waals surface area contributed by atoms with E-state index in [1.54, 1.807) is 23.7 Å². The number of nitrogens with zero attached hydrogens (tertiary/aromatic N) is 4. The number of aryl methyl sites for hydroxylation is 1. The van der Waals surface area contributed by atoms with Gasteiger partial charge in [0.05, 0.1) is 10.3 Å². The van der Waals surface area contributed by atoms with Gasteiger partial charge >= 0.3 is 0 Å². The number of rotatable bonds is 5. The zero-order valence-corrected chi connectivity index (χ0v) is 18.3. The molecule has 0 amide bonds. The average molecular weight is 466 g/mol. The molecule has 0 aliphatic rings. The molecule has 2 N–H and O–H groups in total. The van der Waals surface area contributed by atoms with Crippen LogP contribution in [0.2, 0.25) is 5.02 Å². The van der Waals surface area contributed by atoms with Crippen molar-refractivity contribution in [2.24, 2.45) is 0 Å². The summed E-state index contributed by atoms with van der Waals surface area (Å²) in [6.07, 6.45) is 1.64. The molecule has 0 atom stereocenters. The molecule has 0 radical (unpaired) electrons. The van der Waals surface area contributed by atoms with Gasteiger partial charge in [-0.25, -0.2) is 4.98 Å². The Morgan fingerprint density at radius 3 is 2.97 bits per heavy atom. The lowest BCUT2D eigenvalue weighted by Crippen LogP contribution is -2.34. The van der Waals surface area contributed by atoms with Gasteiger partial charge in [0.1, 0.15) is 11.3 Å². The highest BCUT2D eigenvalue weighted by atomic mass is 35.5. The van der Waals surface area contributed by atoms with Gasteiger partial charge in [-0.1, -0.05) is 35.9 Å². The largest absolute Gasteiger partial charge is 0.539 e.